The maximum Gasteiger partial charge on any atom is 0.337 e. The SMILES string of the molecule is CSCC(C)N(C)C(=O)Nc1ccc(Cl)cc1C(=O)O. The third kappa shape index (κ3) is 4.31. The summed E-state index contributed by atoms with van der Waals surface area (Å²) in [5.41, 5.74) is 0.201. The second-order valence-electron chi connectivity index (χ2n) is 4.34. The summed E-state index contributed by atoms with van der Waals surface area (Å²) in [6.45, 7) is 1.93. The Bertz CT molecular complexity index is 510. The van der Waals surface area contributed by atoms with Crippen LogP contribution in [0.15, 0.2) is 18.2 Å². The van der Waals surface area contributed by atoms with Gasteiger partial charge < -0.3 is 15.3 Å². The summed E-state index contributed by atoms with van der Waals surface area (Å²) in [4.78, 5) is 24.7. The van der Waals surface area contributed by atoms with E-state index in [0.29, 0.717) is 5.02 Å². The Kier molecular flexibility index (Phi) is 6.16. The fraction of sp³-hybridized carbons (Fsp3) is 0.385. The van der Waals surface area contributed by atoms with Gasteiger partial charge in [-0.05, 0) is 31.4 Å². The first-order valence-electron chi connectivity index (χ1n) is 5.92. The smallest absolute Gasteiger partial charge is 0.337 e. The Morgan fingerprint density at radius 3 is 2.70 bits per heavy atom. The van der Waals surface area contributed by atoms with Crippen molar-refractivity contribution in [2.75, 3.05) is 24.4 Å². The zero-order valence-corrected chi connectivity index (χ0v) is 13.1. The molecule has 0 bridgehead atoms. The minimum Gasteiger partial charge on any atom is -0.478 e. The summed E-state index contributed by atoms with van der Waals surface area (Å²) >= 11 is 7.40. The normalized spacial score (nSPS) is 11.8. The van der Waals surface area contributed by atoms with Gasteiger partial charge in [-0.1, -0.05) is 11.6 Å². The van der Waals surface area contributed by atoms with E-state index in [1.807, 2.05) is 13.2 Å². The van der Waals surface area contributed by atoms with Crippen molar-refractivity contribution in [2.45, 2.75) is 13.0 Å². The Morgan fingerprint density at radius 2 is 2.15 bits per heavy atom. The van der Waals surface area contributed by atoms with Gasteiger partial charge in [-0.2, -0.15) is 11.8 Å². The van der Waals surface area contributed by atoms with Gasteiger partial charge in [0.25, 0.3) is 0 Å². The number of nitrogens with zero attached hydrogens (tertiary/aromatic N) is 1. The molecule has 1 aromatic carbocycles. The molecular weight excluding hydrogens is 300 g/mol. The Labute approximate surface area is 127 Å². The number of urea groups is 1. The number of thioether (sulfide) groups is 1. The van der Waals surface area contributed by atoms with Crippen molar-refractivity contribution in [1.29, 1.82) is 0 Å². The van der Waals surface area contributed by atoms with E-state index in [1.165, 1.54) is 23.1 Å². The Balaban J connectivity index is 2.88. The summed E-state index contributed by atoms with van der Waals surface area (Å²) in [7, 11) is 1.67. The highest BCUT2D eigenvalue weighted by Crippen LogP contribution is 2.21. The molecule has 1 rings (SSSR count). The number of carbonyl (C=O) groups excluding carboxylic acids is 1. The quantitative estimate of drug-likeness (QED) is 0.875. The molecule has 1 aromatic rings. The lowest BCUT2D eigenvalue weighted by Crippen LogP contribution is -2.39. The van der Waals surface area contributed by atoms with Crippen molar-refractivity contribution in [3.8, 4) is 0 Å². The maximum absolute atomic E-state index is 12.1. The number of carboxylic acids is 1. The van der Waals surface area contributed by atoms with Gasteiger partial charge in [-0.25, -0.2) is 9.59 Å². The lowest BCUT2D eigenvalue weighted by atomic mass is 10.2. The molecule has 1 atom stereocenters. The molecule has 1 unspecified atom stereocenters. The highest BCUT2D eigenvalue weighted by atomic mass is 35.5. The molecule has 0 aliphatic heterocycles. The maximum atomic E-state index is 12.1. The number of anilines is 1. The molecule has 0 spiro atoms. The second kappa shape index (κ2) is 7.40. The number of amides is 2. The number of nitrogens with one attached hydrogen (secondary N) is 1. The van der Waals surface area contributed by atoms with Crippen LogP contribution in [0.3, 0.4) is 0 Å². The summed E-state index contributed by atoms with van der Waals surface area (Å²) in [6.07, 6.45) is 1.96. The fourth-order valence-electron chi connectivity index (χ4n) is 1.56. The van der Waals surface area contributed by atoms with Crippen LogP contribution in [-0.4, -0.2) is 47.1 Å². The number of halogens is 1. The van der Waals surface area contributed by atoms with Crippen LogP contribution in [0.2, 0.25) is 5.02 Å². The van der Waals surface area contributed by atoms with Crippen molar-refractivity contribution in [3.05, 3.63) is 28.8 Å². The molecule has 0 radical (unpaired) electrons. The van der Waals surface area contributed by atoms with Crippen LogP contribution < -0.4 is 5.32 Å². The molecule has 2 amide bonds. The first-order chi connectivity index (χ1) is 9.36. The van der Waals surface area contributed by atoms with E-state index in [0.717, 1.165) is 5.75 Å². The van der Waals surface area contributed by atoms with Gasteiger partial charge in [0.05, 0.1) is 11.3 Å². The minimum atomic E-state index is -1.14. The molecule has 0 saturated carbocycles. The third-order valence-electron chi connectivity index (χ3n) is 2.84. The molecule has 0 fully saturated rings. The molecule has 2 N–H and O–H groups in total. The molecule has 0 heterocycles. The molecule has 110 valence electrons. The average Bonchev–Trinajstić information content (AvgIpc) is 2.39. The first kappa shape index (κ1) is 16.7. The molecule has 7 heteroatoms. The summed E-state index contributed by atoms with van der Waals surface area (Å²) in [6, 6.07) is 4.03. The summed E-state index contributed by atoms with van der Waals surface area (Å²) in [5.74, 6) is -0.335. The van der Waals surface area contributed by atoms with Crippen molar-refractivity contribution in [3.63, 3.8) is 0 Å². The molecule has 0 aliphatic rings. The molecule has 0 aromatic heterocycles. The van der Waals surface area contributed by atoms with Gasteiger partial charge in [0.1, 0.15) is 0 Å². The largest absolute Gasteiger partial charge is 0.478 e. The van der Waals surface area contributed by atoms with Gasteiger partial charge in [0.2, 0.25) is 0 Å². The van der Waals surface area contributed by atoms with Crippen molar-refractivity contribution < 1.29 is 14.7 Å². The number of aromatic carboxylic acids is 1. The van der Waals surface area contributed by atoms with E-state index in [4.69, 9.17) is 16.7 Å². The second-order valence-corrected chi connectivity index (χ2v) is 5.69. The van der Waals surface area contributed by atoms with Gasteiger partial charge in [-0.15, -0.1) is 0 Å². The molecule has 0 aliphatic carbocycles. The topological polar surface area (TPSA) is 69.6 Å². The van der Waals surface area contributed by atoms with Crippen LogP contribution in [0.5, 0.6) is 0 Å². The number of hydrogen-bond donors (Lipinski definition) is 2. The van der Waals surface area contributed by atoms with Crippen LogP contribution in [0.25, 0.3) is 0 Å². The number of rotatable bonds is 5. The summed E-state index contributed by atoms with van der Waals surface area (Å²) in [5, 5.41) is 12.0. The average molecular weight is 317 g/mol. The van der Waals surface area contributed by atoms with Gasteiger partial charge in [-0.3, -0.25) is 0 Å². The Hall–Kier alpha value is -1.40. The van der Waals surface area contributed by atoms with E-state index in [9.17, 15) is 9.59 Å². The van der Waals surface area contributed by atoms with Crippen LogP contribution in [0.4, 0.5) is 10.5 Å². The van der Waals surface area contributed by atoms with E-state index < -0.39 is 5.97 Å². The van der Waals surface area contributed by atoms with E-state index in [-0.39, 0.29) is 23.3 Å². The number of carboxylic acid groups (broad SMARTS) is 1. The van der Waals surface area contributed by atoms with E-state index in [1.54, 1.807) is 18.8 Å². The van der Waals surface area contributed by atoms with Gasteiger partial charge in [0, 0.05) is 23.9 Å². The zero-order chi connectivity index (χ0) is 15.3. The monoisotopic (exact) mass is 316 g/mol. The summed E-state index contributed by atoms with van der Waals surface area (Å²) < 4.78 is 0. The molecule has 5 nitrogen and oxygen atoms in total. The van der Waals surface area contributed by atoms with E-state index >= 15 is 0 Å². The van der Waals surface area contributed by atoms with E-state index in [2.05, 4.69) is 5.32 Å². The Morgan fingerprint density at radius 1 is 1.50 bits per heavy atom. The highest BCUT2D eigenvalue weighted by Gasteiger charge is 2.18. The van der Waals surface area contributed by atoms with Crippen LogP contribution >= 0.6 is 23.4 Å². The minimum absolute atomic E-state index is 0.0308. The lowest BCUT2D eigenvalue weighted by molar-refractivity contribution is 0.0698. The van der Waals surface area contributed by atoms with Crippen molar-refractivity contribution in [2.24, 2.45) is 0 Å². The van der Waals surface area contributed by atoms with Crippen LogP contribution in [0.1, 0.15) is 17.3 Å². The third-order valence-corrected chi connectivity index (χ3v) is 3.89. The van der Waals surface area contributed by atoms with Crippen LogP contribution in [-0.2, 0) is 0 Å². The number of carbonyl (C=O) groups is 2. The van der Waals surface area contributed by atoms with Gasteiger partial charge in [0.15, 0.2) is 0 Å². The van der Waals surface area contributed by atoms with Crippen molar-refractivity contribution in [1.82, 2.24) is 4.90 Å². The molecular formula is C13H17ClN2O3S. The van der Waals surface area contributed by atoms with Gasteiger partial charge >= 0.3 is 12.0 Å². The van der Waals surface area contributed by atoms with Crippen LogP contribution in [0, 0.1) is 0 Å². The first-order valence-corrected chi connectivity index (χ1v) is 7.69. The molecule has 20 heavy (non-hydrogen) atoms. The highest BCUT2D eigenvalue weighted by molar-refractivity contribution is 7.98. The zero-order valence-electron chi connectivity index (χ0n) is 11.5. The fourth-order valence-corrected chi connectivity index (χ4v) is 2.44. The predicted molar refractivity (Wildman–Crippen MR) is 83.0 cm³/mol. The number of benzene rings is 1. The standard InChI is InChI=1S/C13H17ClN2O3S/c1-8(7-20-3)16(2)13(19)15-11-5-4-9(14)6-10(11)12(17)18/h4-6,8H,7H2,1-3H3,(H,15,19)(H,17,18). The lowest BCUT2D eigenvalue weighted by Gasteiger charge is -2.25. The number of hydrogen-bond acceptors (Lipinski definition) is 3. The van der Waals surface area contributed by atoms with Crippen molar-refractivity contribution >= 4 is 41.1 Å². The predicted octanol–water partition coefficient (Wildman–Crippen LogP) is 3.25. The molecule has 0 saturated heterocycles.